The number of rotatable bonds is 5. The van der Waals surface area contributed by atoms with E-state index in [1.54, 1.807) is 0 Å². The molecule has 4 heteroatoms. The molecule has 21 heavy (non-hydrogen) atoms. The number of aryl methyl sites for hydroxylation is 1. The Morgan fingerprint density at radius 1 is 1.38 bits per heavy atom. The highest BCUT2D eigenvalue weighted by Crippen LogP contribution is 2.25. The first-order valence-electron chi connectivity index (χ1n) is 8.08. The van der Waals surface area contributed by atoms with Crippen LogP contribution in [0.4, 0.5) is 5.69 Å². The van der Waals surface area contributed by atoms with Crippen molar-refractivity contribution in [2.75, 3.05) is 38.1 Å². The Kier molecular flexibility index (Phi) is 5.59. The van der Waals surface area contributed by atoms with E-state index < -0.39 is 0 Å². The van der Waals surface area contributed by atoms with Crippen LogP contribution in [0, 0.1) is 12.8 Å². The molecule has 1 saturated heterocycles. The number of nitrogens with zero attached hydrogens (tertiary/aromatic N) is 3. The Morgan fingerprint density at radius 2 is 2.14 bits per heavy atom. The Balaban J connectivity index is 2.14. The number of anilines is 1. The van der Waals surface area contributed by atoms with Crippen molar-refractivity contribution in [1.82, 2.24) is 15.2 Å². The van der Waals surface area contributed by atoms with Gasteiger partial charge in [0.15, 0.2) is 0 Å². The third-order valence-electron chi connectivity index (χ3n) is 4.11. The SMILES string of the molecule is Cc1cc(N2CCN(C)CC2C)c(CNCC(C)C)cn1. The van der Waals surface area contributed by atoms with Crippen LogP contribution in [0.5, 0.6) is 0 Å². The predicted octanol–water partition coefficient (Wildman–Crippen LogP) is 2.28. The molecule has 0 aromatic carbocycles. The summed E-state index contributed by atoms with van der Waals surface area (Å²) in [6.07, 6.45) is 2.04. The molecule has 2 heterocycles. The number of pyridine rings is 1. The van der Waals surface area contributed by atoms with Gasteiger partial charge in [-0.3, -0.25) is 4.98 Å². The van der Waals surface area contributed by atoms with E-state index in [9.17, 15) is 0 Å². The topological polar surface area (TPSA) is 31.4 Å². The van der Waals surface area contributed by atoms with Gasteiger partial charge in [0.25, 0.3) is 0 Å². The maximum Gasteiger partial charge on any atom is 0.0448 e. The quantitative estimate of drug-likeness (QED) is 0.901. The monoisotopic (exact) mass is 290 g/mol. The molecule has 0 saturated carbocycles. The third kappa shape index (κ3) is 4.42. The van der Waals surface area contributed by atoms with Crippen LogP contribution in [0.25, 0.3) is 0 Å². The number of hydrogen-bond donors (Lipinski definition) is 1. The third-order valence-corrected chi connectivity index (χ3v) is 4.11. The van der Waals surface area contributed by atoms with E-state index in [0.29, 0.717) is 12.0 Å². The lowest BCUT2D eigenvalue weighted by Gasteiger charge is -2.40. The predicted molar refractivity (Wildman–Crippen MR) is 89.8 cm³/mol. The molecule has 1 N–H and O–H groups in total. The van der Waals surface area contributed by atoms with Crippen molar-refractivity contribution in [2.45, 2.75) is 40.3 Å². The molecule has 4 nitrogen and oxygen atoms in total. The van der Waals surface area contributed by atoms with Crippen molar-refractivity contribution in [3.8, 4) is 0 Å². The van der Waals surface area contributed by atoms with Gasteiger partial charge in [-0.2, -0.15) is 0 Å². The van der Waals surface area contributed by atoms with Crippen LogP contribution in [0.3, 0.4) is 0 Å². The highest BCUT2D eigenvalue weighted by molar-refractivity contribution is 5.55. The van der Waals surface area contributed by atoms with E-state index in [1.165, 1.54) is 11.3 Å². The van der Waals surface area contributed by atoms with Gasteiger partial charge in [0.1, 0.15) is 0 Å². The zero-order chi connectivity index (χ0) is 15.4. The van der Waals surface area contributed by atoms with Gasteiger partial charge in [-0.25, -0.2) is 0 Å². The van der Waals surface area contributed by atoms with Gasteiger partial charge in [0, 0.05) is 55.4 Å². The molecule has 118 valence electrons. The Morgan fingerprint density at radius 3 is 2.81 bits per heavy atom. The molecule has 0 bridgehead atoms. The van der Waals surface area contributed by atoms with Crippen LogP contribution in [0.15, 0.2) is 12.3 Å². The number of aromatic nitrogens is 1. The molecule has 1 unspecified atom stereocenters. The second-order valence-corrected chi connectivity index (χ2v) is 6.78. The lowest BCUT2D eigenvalue weighted by molar-refractivity contribution is 0.275. The van der Waals surface area contributed by atoms with Gasteiger partial charge in [-0.1, -0.05) is 13.8 Å². The van der Waals surface area contributed by atoms with Crippen LogP contribution >= 0.6 is 0 Å². The number of nitrogens with one attached hydrogen (secondary N) is 1. The van der Waals surface area contributed by atoms with Crippen LogP contribution < -0.4 is 10.2 Å². The van der Waals surface area contributed by atoms with Gasteiger partial charge in [0.2, 0.25) is 0 Å². The molecular weight excluding hydrogens is 260 g/mol. The maximum atomic E-state index is 4.50. The molecule has 0 aliphatic carbocycles. The molecule has 1 atom stereocenters. The minimum absolute atomic E-state index is 0.550. The summed E-state index contributed by atoms with van der Waals surface area (Å²) >= 11 is 0. The van der Waals surface area contributed by atoms with Gasteiger partial charge in [-0.05, 0) is 39.4 Å². The summed E-state index contributed by atoms with van der Waals surface area (Å²) < 4.78 is 0. The number of likely N-dealkylation sites (N-methyl/N-ethyl adjacent to an activating group) is 1. The summed E-state index contributed by atoms with van der Waals surface area (Å²) in [6, 6.07) is 2.79. The van der Waals surface area contributed by atoms with Crippen molar-refractivity contribution < 1.29 is 0 Å². The zero-order valence-electron chi connectivity index (χ0n) is 14.2. The van der Waals surface area contributed by atoms with Gasteiger partial charge < -0.3 is 15.1 Å². The minimum Gasteiger partial charge on any atom is -0.366 e. The van der Waals surface area contributed by atoms with Crippen molar-refractivity contribution in [2.24, 2.45) is 5.92 Å². The second kappa shape index (κ2) is 7.23. The second-order valence-electron chi connectivity index (χ2n) is 6.78. The van der Waals surface area contributed by atoms with Gasteiger partial charge >= 0.3 is 0 Å². The average Bonchev–Trinajstić information content (AvgIpc) is 2.40. The lowest BCUT2D eigenvalue weighted by Crippen LogP contribution is -2.51. The Hall–Kier alpha value is -1.13. The van der Waals surface area contributed by atoms with E-state index in [4.69, 9.17) is 0 Å². The van der Waals surface area contributed by atoms with Crippen LogP contribution in [-0.4, -0.2) is 49.2 Å². The summed E-state index contributed by atoms with van der Waals surface area (Å²) in [5.74, 6) is 0.675. The molecule has 1 aliphatic heterocycles. The van der Waals surface area contributed by atoms with Crippen LogP contribution in [0.2, 0.25) is 0 Å². The minimum atomic E-state index is 0.550. The normalized spacial score (nSPS) is 20.3. The van der Waals surface area contributed by atoms with E-state index in [-0.39, 0.29) is 0 Å². The van der Waals surface area contributed by atoms with Gasteiger partial charge in [-0.15, -0.1) is 0 Å². The van der Waals surface area contributed by atoms with E-state index in [0.717, 1.165) is 38.4 Å². The van der Waals surface area contributed by atoms with Gasteiger partial charge in [0.05, 0.1) is 0 Å². The fraction of sp³-hybridized carbons (Fsp3) is 0.706. The fourth-order valence-electron chi connectivity index (χ4n) is 2.97. The molecule has 1 aromatic rings. The zero-order valence-corrected chi connectivity index (χ0v) is 14.2. The largest absolute Gasteiger partial charge is 0.366 e. The summed E-state index contributed by atoms with van der Waals surface area (Å²) in [7, 11) is 2.21. The van der Waals surface area contributed by atoms with Crippen molar-refractivity contribution >= 4 is 5.69 Å². The Bertz CT molecular complexity index is 458. The number of hydrogen-bond acceptors (Lipinski definition) is 4. The molecule has 0 spiro atoms. The van der Waals surface area contributed by atoms with Crippen LogP contribution in [0.1, 0.15) is 32.0 Å². The molecular formula is C17H30N4. The fourth-order valence-corrected chi connectivity index (χ4v) is 2.97. The highest BCUT2D eigenvalue weighted by Gasteiger charge is 2.23. The summed E-state index contributed by atoms with van der Waals surface area (Å²) in [6.45, 7) is 14.2. The molecule has 1 aromatic heterocycles. The van der Waals surface area contributed by atoms with E-state index in [1.807, 2.05) is 6.20 Å². The smallest absolute Gasteiger partial charge is 0.0448 e. The Labute approximate surface area is 129 Å². The highest BCUT2D eigenvalue weighted by atomic mass is 15.3. The maximum absolute atomic E-state index is 4.50. The summed E-state index contributed by atoms with van der Waals surface area (Å²) in [4.78, 5) is 9.45. The molecule has 0 radical (unpaired) electrons. The average molecular weight is 290 g/mol. The van der Waals surface area contributed by atoms with Crippen molar-refractivity contribution in [3.05, 3.63) is 23.5 Å². The van der Waals surface area contributed by atoms with Crippen LogP contribution in [-0.2, 0) is 6.54 Å². The van der Waals surface area contributed by atoms with E-state index >= 15 is 0 Å². The number of piperazine rings is 1. The molecule has 2 rings (SSSR count). The summed E-state index contributed by atoms with van der Waals surface area (Å²) in [5, 5.41) is 3.55. The standard InChI is InChI=1S/C17H30N4/c1-13(2)9-18-10-16-11-19-14(3)8-17(16)21-7-6-20(5)12-15(21)4/h8,11,13,15,18H,6-7,9-10,12H2,1-5H3. The first-order valence-corrected chi connectivity index (χ1v) is 8.08. The molecule has 1 fully saturated rings. The first kappa shape index (κ1) is 16.2. The summed E-state index contributed by atoms with van der Waals surface area (Å²) in [5.41, 5.74) is 3.78. The van der Waals surface area contributed by atoms with Crippen molar-refractivity contribution in [1.29, 1.82) is 0 Å². The first-order chi connectivity index (χ1) is 9.97. The lowest BCUT2D eigenvalue weighted by atomic mass is 10.1. The van der Waals surface area contributed by atoms with E-state index in [2.05, 4.69) is 60.9 Å². The van der Waals surface area contributed by atoms with Crippen molar-refractivity contribution in [3.63, 3.8) is 0 Å². The molecule has 1 aliphatic rings. The molecule has 0 amide bonds.